The summed E-state index contributed by atoms with van der Waals surface area (Å²) in [6, 6.07) is 17.9. The van der Waals surface area contributed by atoms with Crippen molar-refractivity contribution in [2.24, 2.45) is 11.8 Å². The topological polar surface area (TPSA) is 229 Å². The molecular weight excluding hydrogens is 795 g/mol. The highest BCUT2D eigenvalue weighted by Crippen LogP contribution is 2.20. The normalized spacial score (nSPS) is 18.3. The molecule has 2 aliphatic rings. The Morgan fingerprint density at radius 2 is 1.50 bits per heavy atom. The molecule has 2 aliphatic heterocycles. The van der Waals surface area contributed by atoms with Crippen LogP contribution < -0.4 is 36.6 Å². The second-order valence-corrected chi connectivity index (χ2v) is 16.2. The van der Waals surface area contributed by atoms with Gasteiger partial charge in [-0.3, -0.25) is 28.8 Å². The Bertz CT molecular complexity index is 2140. The van der Waals surface area contributed by atoms with E-state index < -0.39 is 77.7 Å². The number of benzene rings is 3. The summed E-state index contributed by atoms with van der Waals surface area (Å²) in [7, 11) is 0. The fourth-order valence-electron chi connectivity index (χ4n) is 7.22. The maximum absolute atomic E-state index is 14.2. The van der Waals surface area contributed by atoms with Gasteiger partial charge < -0.3 is 51.5 Å². The first-order valence-electron chi connectivity index (χ1n) is 21.0. The summed E-state index contributed by atoms with van der Waals surface area (Å²) in [5.74, 6) is -3.95. The standard InChI is InChI=1S/C46H59N7O9/c1-27(2)39-44(58)47-19-20-61-21-22-62-33-17-15-31(16-18-33)24-37(42(56)52-39)51-46(60)41(55)36(23-30-11-7-6-8-12-30)50-45(59)40(28(3)4)53-43(57)38(49-29(5)54)25-32-26-48-35-14-10-9-13-34(32)35/h6-18,26-28,36-41,48,55H,19-25H2,1-5H3,(H,47,58)(H,49,54)(H,50,59)(H,51,60)(H,52,56)(H,53,57)/t36-,37-,38-,39-,40-,41+/m0/s1. The molecule has 16 heteroatoms. The number of carbonyl (C=O) groups is 6. The zero-order chi connectivity index (χ0) is 44.8. The molecule has 8 N–H and O–H groups in total. The molecular formula is C46H59N7O9. The Balaban J connectivity index is 1.37. The monoisotopic (exact) mass is 853 g/mol. The van der Waals surface area contributed by atoms with Crippen molar-refractivity contribution in [2.45, 2.75) is 90.2 Å². The molecule has 3 aromatic carbocycles. The van der Waals surface area contributed by atoms with Crippen molar-refractivity contribution in [1.29, 1.82) is 0 Å². The minimum atomic E-state index is -1.88. The van der Waals surface area contributed by atoms with Gasteiger partial charge in [0.25, 0.3) is 5.91 Å². The Kier molecular flexibility index (Phi) is 17.0. The van der Waals surface area contributed by atoms with Gasteiger partial charge in [0.05, 0.1) is 19.3 Å². The predicted octanol–water partition coefficient (Wildman–Crippen LogP) is 1.84. The number of nitrogens with one attached hydrogen (secondary N) is 7. The Hall–Kier alpha value is -6.26. The second kappa shape index (κ2) is 22.5. The highest BCUT2D eigenvalue weighted by Gasteiger charge is 2.36. The van der Waals surface area contributed by atoms with Gasteiger partial charge in [-0.25, -0.2) is 0 Å². The van der Waals surface area contributed by atoms with Gasteiger partial charge in [0.1, 0.15) is 36.5 Å². The third-order valence-electron chi connectivity index (χ3n) is 10.6. The number of hydrogen-bond donors (Lipinski definition) is 8. The van der Waals surface area contributed by atoms with Crippen molar-refractivity contribution in [3.8, 4) is 5.75 Å². The fraction of sp³-hybridized carbons (Fsp3) is 0.435. The van der Waals surface area contributed by atoms with E-state index in [4.69, 9.17) is 9.47 Å². The number of aliphatic hydroxyl groups is 1. The smallest absolute Gasteiger partial charge is 0.251 e. The van der Waals surface area contributed by atoms with Gasteiger partial charge >= 0.3 is 0 Å². The van der Waals surface area contributed by atoms with Crippen molar-refractivity contribution in [1.82, 2.24) is 36.9 Å². The molecule has 16 nitrogen and oxygen atoms in total. The van der Waals surface area contributed by atoms with Crippen LogP contribution >= 0.6 is 0 Å². The lowest BCUT2D eigenvalue weighted by Gasteiger charge is -2.30. The van der Waals surface area contributed by atoms with Crippen molar-refractivity contribution < 1.29 is 43.3 Å². The van der Waals surface area contributed by atoms with E-state index in [2.05, 4.69) is 36.9 Å². The molecule has 0 saturated carbocycles. The first kappa shape index (κ1) is 46.8. The molecule has 332 valence electrons. The summed E-state index contributed by atoms with van der Waals surface area (Å²) in [4.78, 5) is 84.8. The van der Waals surface area contributed by atoms with E-state index in [-0.39, 0.29) is 44.9 Å². The molecule has 6 atom stereocenters. The van der Waals surface area contributed by atoms with Crippen LogP contribution in [0.3, 0.4) is 0 Å². The van der Waals surface area contributed by atoms with Crippen molar-refractivity contribution in [3.05, 3.63) is 102 Å². The Morgan fingerprint density at radius 3 is 2.19 bits per heavy atom. The van der Waals surface area contributed by atoms with Crippen LogP contribution in [0.1, 0.15) is 51.3 Å². The number of aromatic nitrogens is 1. The van der Waals surface area contributed by atoms with Gasteiger partial charge in [0.15, 0.2) is 6.10 Å². The van der Waals surface area contributed by atoms with Gasteiger partial charge in [-0.05, 0) is 53.1 Å². The maximum atomic E-state index is 14.2. The lowest BCUT2D eigenvalue weighted by Crippen LogP contribution is -2.61. The van der Waals surface area contributed by atoms with Gasteiger partial charge in [-0.15, -0.1) is 0 Å². The quantitative estimate of drug-likeness (QED) is 0.0865. The number of rotatable bonds is 14. The van der Waals surface area contributed by atoms with Gasteiger partial charge in [0, 0.05) is 43.4 Å². The third kappa shape index (κ3) is 13.4. The maximum Gasteiger partial charge on any atom is 0.251 e. The zero-order valence-corrected chi connectivity index (χ0v) is 35.9. The van der Waals surface area contributed by atoms with E-state index in [9.17, 15) is 33.9 Å². The van der Waals surface area contributed by atoms with Crippen LogP contribution in [0.2, 0.25) is 0 Å². The number of aromatic amines is 1. The van der Waals surface area contributed by atoms with E-state index in [1.165, 1.54) is 6.92 Å². The molecule has 0 unspecified atom stereocenters. The number of fused-ring (bicyclic) bond motifs is 15. The minimum absolute atomic E-state index is 0.00659. The number of amides is 6. The number of ether oxygens (including phenoxy) is 2. The van der Waals surface area contributed by atoms with Crippen LogP contribution in [-0.4, -0.2) is 108 Å². The van der Waals surface area contributed by atoms with Crippen LogP contribution in [0.5, 0.6) is 5.75 Å². The molecule has 4 aromatic rings. The molecule has 0 fully saturated rings. The number of hydrogen-bond acceptors (Lipinski definition) is 9. The molecule has 62 heavy (non-hydrogen) atoms. The van der Waals surface area contributed by atoms with Crippen molar-refractivity contribution >= 4 is 46.3 Å². The molecule has 6 rings (SSSR count). The van der Waals surface area contributed by atoms with Gasteiger partial charge in [0.2, 0.25) is 29.5 Å². The van der Waals surface area contributed by atoms with Crippen LogP contribution in [0, 0.1) is 11.8 Å². The number of aliphatic hydroxyl groups excluding tert-OH is 1. The molecule has 0 saturated heterocycles. The van der Waals surface area contributed by atoms with E-state index in [0.717, 1.165) is 16.5 Å². The SMILES string of the molecule is CC(=O)N[C@@H](Cc1c[nH]c2ccccc12)C(=O)N[C@H](C(=O)N[C@@H](Cc1ccccc1)[C@@H](O)C(=O)N[C@H]1Cc2ccc(cc2)OCCOCCNC(=O)[C@H](C(C)C)NC1=O)C(C)C. The van der Waals surface area contributed by atoms with E-state index in [0.29, 0.717) is 23.5 Å². The molecule has 0 aliphatic carbocycles. The molecule has 2 bridgehead atoms. The average molecular weight is 854 g/mol. The van der Waals surface area contributed by atoms with E-state index in [1.54, 1.807) is 88.5 Å². The van der Waals surface area contributed by atoms with Gasteiger partial charge in [-0.2, -0.15) is 0 Å². The Labute approximate surface area is 361 Å². The molecule has 6 amide bonds. The average Bonchev–Trinajstić information content (AvgIpc) is 3.65. The van der Waals surface area contributed by atoms with Crippen molar-refractivity contribution in [2.75, 3.05) is 26.4 Å². The zero-order valence-electron chi connectivity index (χ0n) is 35.9. The number of carbonyl (C=O) groups excluding carboxylic acids is 6. The Morgan fingerprint density at radius 1 is 0.790 bits per heavy atom. The molecule has 0 spiro atoms. The van der Waals surface area contributed by atoms with Crippen LogP contribution in [0.25, 0.3) is 10.9 Å². The van der Waals surface area contributed by atoms with Crippen molar-refractivity contribution in [3.63, 3.8) is 0 Å². The predicted molar refractivity (Wildman–Crippen MR) is 233 cm³/mol. The second-order valence-electron chi connectivity index (χ2n) is 16.2. The summed E-state index contributed by atoms with van der Waals surface area (Å²) in [5, 5.41) is 29.2. The van der Waals surface area contributed by atoms with E-state index >= 15 is 0 Å². The van der Waals surface area contributed by atoms with Crippen LogP contribution in [0.4, 0.5) is 0 Å². The highest BCUT2D eigenvalue weighted by atomic mass is 16.5. The van der Waals surface area contributed by atoms with Gasteiger partial charge in [-0.1, -0.05) is 88.4 Å². The molecule has 0 radical (unpaired) electrons. The molecule has 3 heterocycles. The third-order valence-corrected chi connectivity index (χ3v) is 10.6. The minimum Gasteiger partial charge on any atom is -0.491 e. The summed E-state index contributed by atoms with van der Waals surface area (Å²) < 4.78 is 11.3. The first-order chi connectivity index (χ1) is 29.7. The van der Waals surface area contributed by atoms with E-state index in [1.807, 2.05) is 24.3 Å². The lowest BCUT2D eigenvalue weighted by atomic mass is 9.97. The summed E-state index contributed by atoms with van der Waals surface area (Å²) >= 11 is 0. The number of para-hydroxylation sites is 1. The summed E-state index contributed by atoms with van der Waals surface area (Å²) in [6.45, 7) is 9.37. The lowest BCUT2D eigenvalue weighted by molar-refractivity contribution is -0.137. The first-order valence-corrected chi connectivity index (χ1v) is 21.0. The number of H-pyrrole nitrogens is 1. The summed E-state index contributed by atoms with van der Waals surface area (Å²) in [5.41, 5.74) is 3.01. The van der Waals surface area contributed by atoms with Crippen LogP contribution in [0.15, 0.2) is 85.1 Å². The summed E-state index contributed by atoms with van der Waals surface area (Å²) in [6.07, 6.45) is 0.0325. The van der Waals surface area contributed by atoms with Crippen LogP contribution in [-0.2, 0) is 52.8 Å². The highest BCUT2D eigenvalue weighted by molar-refractivity contribution is 5.95. The molecule has 1 aromatic heterocycles. The fourth-order valence-corrected chi connectivity index (χ4v) is 7.22. The largest absolute Gasteiger partial charge is 0.491 e.